The summed E-state index contributed by atoms with van der Waals surface area (Å²) in [6.45, 7) is 2.54. The maximum atomic E-state index is 13.1. The highest BCUT2D eigenvalue weighted by Crippen LogP contribution is 2.44. The Bertz CT molecular complexity index is 915. The van der Waals surface area contributed by atoms with E-state index >= 15 is 0 Å². The minimum atomic E-state index is -0.195. The molecule has 4 heteroatoms. The summed E-state index contributed by atoms with van der Waals surface area (Å²) in [6, 6.07) is 15.4. The van der Waals surface area contributed by atoms with Crippen LogP contribution in [0.4, 0.5) is 5.00 Å². The number of ketones is 1. The van der Waals surface area contributed by atoms with Gasteiger partial charge in [-0.3, -0.25) is 4.79 Å². The smallest absolute Gasteiger partial charge is 0.175 e. The van der Waals surface area contributed by atoms with Crippen LogP contribution in [-0.4, -0.2) is 17.4 Å². The minimum Gasteiger partial charge on any atom is -0.507 e. The third-order valence-electron chi connectivity index (χ3n) is 4.47. The topological polar surface area (TPSA) is 49.3 Å². The van der Waals surface area contributed by atoms with E-state index in [1.807, 2.05) is 54.8 Å². The van der Waals surface area contributed by atoms with Crippen molar-refractivity contribution in [3.63, 3.8) is 0 Å². The van der Waals surface area contributed by atoms with Crippen molar-refractivity contribution < 1.29 is 9.90 Å². The first-order valence-corrected chi connectivity index (χ1v) is 8.77. The average molecular weight is 335 g/mol. The maximum absolute atomic E-state index is 13.1. The van der Waals surface area contributed by atoms with Crippen molar-refractivity contribution in [3.8, 4) is 16.9 Å². The number of hydrogen-bond donors (Lipinski definition) is 2. The van der Waals surface area contributed by atoms with Crippen LogP contribution in [0.3, 0.4) is 0 Å². The Morgan fingerprint density at radius 1 is 1.12 bits per heavy atom. The van der Waals surface area contributed by atoms with Gasteiger partial charge in [0.25, 0.3) is 0 Å². The van der Waals surface area contributed by atoms with Crippen molar-refractivity contribution in [2.24, 2.45) is 0 Å². The molecule has 0 saturated carbocycles. The van der Waals surface area contributed by atoms with Gasteiger partial charge in [-0.15, -0.1) is 11.3 Å². The number of carbonyl (C=O) groups is 1. The molecule has 0 bridgehead atoms. The van der Waals surface area contributed by atoms with Crippen LogP contribution >= 0.6 is 11.3 Å². The summed E-state index contributed by atoms with van der Waals surface area (Å²) in [7, 11) is 0. The fraction of sp³-hybridized carbons (Fsp3) is 0.150. The van der Waals surface area contributed by atoms with E-state index in [4.69, 9.17) is 0 Å². The van der Waals surface area contributed by atoms with Crippen LogP contribution in [0, 0.1) is 6.92 Å². The molecule has 0 amide bonds. The molecule has 0 spiro atoms. The maximum Gasteiger partial charge on any atom is 0.175 e. The number of carbonyl (C=O) groups excluding carboxylic acids is 1. The Hall–Kier alpha value is -2.59. The van der Waals surface area contributed by atoms with Gasteiger partial charge in [-0.05, 0) is 24.1 Å². The summed E-state index contributed by atoms with van der Waals surface area (Å²) in [5.41, 5.74) is 4.23. The molecule has 3 aromatic rings. The average Bonchev–Trinajstić information content (AvgIpc) is 3.01. The van der Waals surface area contributed by atoms with Gasteiger partial charge in [-0.25, -0.2) is 0 Å². The number of nitrogens with one attached hydrogen (secondary N) is 1. The Balaban J connectivity index is 1.80. The fourth-order valence-electron chi connectivity index (χ4n) is 3.22. The lowest BCUT2D eigenvalue weighted by atomic mass is 9.86. The number of phenols is 1. The number of fused-ring (bicyclic) bond motifs is 1. The van der Waals surface area contributed by atoms with Crippen molar-refractivity contribution in [3.05, 3.63) is 70.6 Å². The largest absolute Gasteiger partial charge is 0.507 e. The number of thiophene rings is 1. The van der Waals surface area contributed by atoms with Gasteiger partial charge in [0.05, 0.1) is 16.5 Å². The first kappa shape index (κ1) is 15.0. The third kappa shape index (κ3) is 2.39. The van der Waals surface area contributed by atoms with E-state index in [0.29, 0.717) is 17.7 Å². The summed E-state index contributed by atoms with van der Waals surface area (Å²) in [5, 5.41) is 16.5. The van der Waals surface area contributed by atoms with Crippen LogP contribution < -0.4 is 5.32 Å². The van der Waals surface area contributed by atoms with Gasteiger partial charge in [-0.2, -0.15) is 0 Å². The van der Waals surface area contributed by atoms with E-state index in [1.54, 1.807) is 6.07 Å². The molecule has 1 atom stereocenters. The van der Waals surface area contributed by atoms with Gasteiger partial charge in [0.15, 0.2) is 5.78 Å². The summed E-state index contributed by atoms with van der Waals surface area (Å²) in [5.74, 6) is 0.135. The molecule has 0 radical (unpaired) electrons. The molecule has 24 heavy (non-hydrogen) atoms. The highest BCUT2D eigenvalue weighted by Gasteiger charge is 2.32. The standard InChI is InChI=1S/C20H17NO2S/c1-12-7-8-14(17(22)9-12)16-11-24-20-18(16)19(23)15(10-21-20)13-5-3-2-4-6-13/h2-9,11,15,21-22H,10H2,1H3. The van der Waals surface area contributed by atoms with Crippen LogP contribution in [0.5, 0.6) is 5.75 Å². The van der Waals surface area contributed by atoms with Crippen LogP contribution in [0.1, 0.15) is 27.4 Å². The summed E-state index contributed by atoms with van der Waals surface area (Å²) >= 11 is 1.52. The molecule has 3 nitrogen and oxygen atoms in total. The van der Waals surface area contributed by atoms with Gasteiger partial charge in [0.1, 0.15) is 5.75 Å². The minimum absolute atomic E-state index is 0.117. The van der Waals surface area contributed by atoms with Gasteiger partial charge < -0.3 is 10.4 Å². The number of hydrogen-bond acceptors (Lipinski definition) is 4. The number of benzene rings is 2. The van der Waals surface area contributed by atoms with Crippen LogP contribution in [0.2, 0.25) is 0 Å². The zero-order chi connectivity index (χ0) is 16.7. The second-order valence-electron chi connectivity index (χ2n) is 6.08. The molecule has 120 valence electrons. The molecule has 4 rings (SSSR count). The van der Waals surface area contributed by atoms with Crippen molar-refractivity contribution >= 4 is 22.1 Å². The number of phenolic OH excluding ortho intramolecular Hbond substituents is 1. The second-order valence-corrected chi connectivity index (χ2v) is 6.96. The molecule has 1 aliphatic rings. The Morgan fingerprint density at radius 3 is 2.67 bits per heavy atom. The van der Waals surface area contributed by atoms with Gasteiger partial charge in [-0.1, -0.05) is 42.5 Å². The number of aromatic hydroxyl groups is 1. The van der Waals surface area contributed by atoms with E-state index < -0.39 is 0 Å². The second kappa shape index (κ2) is 5.80. The first-order valence-electron chi connectivity index (χ1n) is 7.89. The quantitative estimate of drug-likeness (QED) is 0.706. The van der Waals surface area contributed by atoms with Crippen molar-refractivity contribution in [1.29, 1.82) is 0 Å². The van der Waals surface area contributed by atoms with Crippen molar-refractivity contribution in [1.82, 2.24) is 0 Å². The van der Waals surface area contributed by atoms with Gasteiger partial charge in [0, 0.05) is 23.1 Å². The number of Topliss-reactive ketones (excluding diaryl/α,β-unsaturated/α-hetero) is 1. The highest BCUT2D eigenvalue weighted by atomic mass is 32.1. The normalized spacial score (nSPS) is 16.5. The molecule has 1 aromatic heterocycles. The number of anilines is 1. The molecule has 2 N–H and O–H groups in total. The molecule has 1 unspecified atom stereocenters. The predicted molar refractivity (Wildman–Crippen MR) is 98.2 cm³/mol. The molecule has 1 aliphatic heterocycles. The highest BCUT2D eigenvalue weighted by molar-refractivity contribution is 7.15. The lowest BCUT2D eigenvalue weighted by molar-refractivity contribution is 0.0961. The van der Waals surface area contributed by atoms with E-state index in [0.717, 1.165) is 21.7 Å². The first-order chi connectivity index (χ1) is 11.6. The molecule has 0 saturated heterocycles. The van der Waals surface area contributed by atoms with E-state index in [1.165, 1.54) is 11.3 Å². The molecule has 0 fully saturated rings. The molecular formula is C20H17NO2S. The Morgan fingerprint density at radius 2 is 1.92 bits per heavy atom. The van der Waals surface area contributed by atoms with E-state index in [2.05, 4.69) is 5.32 Å². The van der Waals surface area contributed by atoms with Crippen molar-refractivity contribution in [2.45, 2.75) is 12.8 Å². The van der Waals surface area contributed by atoms with E-state index in [-0.39, 0.29) is 17.5 Å². The van der Waals surface area contributed by atoms with Gasteiger partial charge in [0.2, 0.25) is 0 Å². The monoisotopic (exact) mass is 335 g/mol. The van der Waals surface area contributed by atoms with Crippen LogP contribution in [-0.2, 0) is 0 Å². The van der Waals surface area contributed by atoms with Gasteiger partial charge >= 0.3 is 0 Å². The summed E-state index contributed by atoms with van der Waals surface area (Å²) in [6.07, 6.45) is 0. The predicted octanol–water partition coefficient (Wildman–Crippen LogP) is 4.82. The number of rotatable bonds is 2. The summed E-state index contributed by atoms with van der Waals surface area (Å²) in [4.78, 5) is 13.1. The molecule has 0 aliphatic carbocycles. The Kier molecular flexibility index (Phi) is 3.62. The Labute approximate surface area is 144 Å². The third-order valence-corrected chi connectivity index (χ3v) is 5.40. The summed E-state index contributed by atoms with van der Waals surface area (Å²) < 4.78 is 0. The fourth-order valence-corrected chi connectivity index (χ4v) is 4.19. The van der Waals surface area contributed by atoms with E-state index in [9.17, 15) is 9.90 Å². The molecule has 2 heterocycles. The van der Waals surface area contributed by atoms with Crippen LogP contribution in [0.25, 0.3) is 11.1 Å². The lowest BCUT2D eigenvalue weighted by Crippen LogP contribution is -2.27. The zero-order valence-corrected chi connectivity index (χ0v) is 14.1. The molecular weight excluding hydrogens is 318 g/mol. The lowest BCUT2D eigenvalue weighted by Gasteiger charge is -2.24. The zero-order valence-electron chi connectivity index (χ0n) is 13.2. The van der Waals surface area contributed by atoms with Crippen molar-refractivity contribution in [2.75, 3.05) is 11.9 Å². The van der Waals surface area contributed by atoms with Crippen LogP contribution in [0.15, 0.2) is 53.9 Å². The molecule has 2 aromatic carbocycles. The SMILES string of the molecule is Cc1ccc(-c2csc3c2C(=O)C(c2ccccc2)CN3)c(O)c1. The number of aryl methyl sites for hydroxylation is 1.